The number of pyridine rings is 1. The number of aromatic nitrogens is 1. The number of anilines is 1. The van der Waals surface area contributed by atoms with Crippen molar-refractivity contribution in [3.63, 3.8) is 0 Å². The number of benzene rings is 1. The molecule has 0 aliphatic heterocycles. The fourth-order valence-corrected chi connectivity index (χ4v) is 1.43. The fraction of sp³-hybridized carbons (Fsp3) is 0.0833. The molecule has 0 radical (unpaired) electrons. The van der Waals surface area contributed by atoms with Gasteiger partial charge in [-0.15, -0.1) is 0 Å². The molecule has 1 aromatic carbocycles. The van der Waals surface area contributed by atoms with Gasteiger partial charge in [0.1, 0.15) is 0 Å². The molecule has 0 saturated carbocycles. The highest BCUT2D eigenvalue weighted by atomic mass is 14.9. The summed E-state index contributed by atoms with van der Waals surface area (Å²) in [5.41, 5.74) is 3.19. The number of hydrogen-bond acceptors (Lipinski definition) is 2. The Balaban J connectivity index is 2.51. The summed E-state index contributed by atoms with van der Waals surface area (Å²) >= 11 is 0. The molecule has 0 aliphatic carbocycles. The van der Waals surface area contributed by atoms with E-state index >= 15 is 0 Å². The van der Waals surface area contributed by atoms with Crippen LogP contribution in [-0.2, 0) is 0 Å². The van der Waals surface area contributed by atoms with Crippen molar-refractivity contribution in [3.05, 3.63) is 48.7 Å². The summed E-state index contributed by atoms with van der Waals surface area (Å²) in [6.07, 6.45) is 1.81. The number of nitrogens with zero attached hydrogens (tertiary/aromatic N) is 1. The zero-order valence-corrected chi connectivity index (χ0v) is 8.07. The molecule has 70 valence electrons. The molecular weight excluding hydrogens is 172 g/mol. The van der Waals surface area contributed by atoms with Gasteiger partial charge in [-0.25, -0.2) is 0 Å². The van der Waals surface area contributed by atoms with E-state index < -0.39 is 0 Å². The Morgan fingerprint density at radius 2 is 1.79 bits per heavy atom. The van der Waals surface area contributed by atoms with Crippen LogP contribution in [0.1, 0.15) is 0 Å². The highest BCUT2D eigenvalue weighted by Crippen LogP contribution is 2.23. The molecule has 0 unspecified atom stereocenters. The molecule has 0 amide bonds. The maximum atomic E-state index is 4.36. The lowest BCUT2D eigenvalue weighted by atomic mass is 10.1. The molecule has 0 saturated heterocycles. The Morgan fingerprint density at radius 3 is 2.50 bits per heavy atom. The molecule has 0 spiro atoms. The van der Waals surface area contributed by atoms with Crippen molar-refractivity contribution in [2.45, 2.75) is 0 Å². The molecular formula is C12H12N2. The summed E-state index contributed by atoms with van der Waals surface area (Å²) in [6, 6.07) is 14.1. The van der Waals surface area contributed by atoms with E-state index in [1.165, 1.54) is 0 Å². The Kier molecular flexibility index (Phi) is 2.45. The summed E-state index contributed by atoms with van der Waals surface area (Å²) in [4.78, 5) is 4.36. The molecule has 14 heavy (non-hydrogen) atoms. The third kappa shape index (κ3) is 1.59. The van der Waals surface area contributed by atoms with Gasteiger partial charge >= 0.3 is 0 Å². The summed E-state index contributed by atoms with van der Waals surface area (Å²) in [6.45, 7) is 0. The minimum absolute atomic E-state index is 0.996. The second-order valence-corrected chi connectivity index (χ2v) is 3.02. The molecule has 0 bridgehead atoms. The average molecular weight is 184 g/mol. The number of rotatable bonds is 2. The van der Waals surface area contributed by atoms with Crippen molar-refractivity contribution < 1.29 is 0 Å². The van der Waals surface area contributed by atoms with E-state index in [-0.39, 0.29) is 0 Å². The Morgan fingerprint density at radius 1 is 1.00 bits per heavy atom. The third-order valence-electron chi connectivity index (χ3n) is 2.12. The van der Waals surface area contributed by atoms with Crippen LogP contribution < -0.4 is 5.32 Å². The average Bonchev–Trinajstić information content (AvgIpc) is 2.30. The van der Waals surface area contributed by atoms with Crippen molar-refractivity contribution in [1.82, 2.24) is 4.98 Å². The summed E-state index contributed by atoms with van der Waals surface area (Å²) < 4.78 is 0. The van der Waals surface area contributed by atoms with Crippen LogP contribution in [0.3, 0.4) is 0 Å². The van der Waals surface area contributed by atoms with E-state index in [0.717, 1.165) is 16.9 Å². The third-order valence-corrected chi connectivity index (χ3v) is 2.12. The predicted octanol–water partition coefficient (Wildman–Crippen LogP) is 2.79. The number of nitrogens with one attached hydrogen (secondary N) is 1. The number of hydrogen-bond donors (Lipinski definition) is 1. The van der Waals surface area contributed by atoms with Crippen LogP contribution in [0.4, 0.5) is 5.69 Å². The van der Waals surface area contributed by atoms with Crippen LogP contribution in [0.2, 0.25) is 0 Å². The predicted molar refractivity (Wildman–Crippen MR) is 59.2 cm³/mol. The molecule has 0 aliphatic rings. The van der Waals surface area contributed by atoms with Crippen molar-refractivity contribution in [3.8, 4) is 11.3 Å². The van der Waals surface area contributed by atoms with Gasteiger partial charge in [0.25, 0.3) is 0 Å². The van der Waals surface area contributed by atoms with Crippen LogP contribution in [0.5, 0.6) is 0 Å². The monoisotopic (exact) mass is 184 g/mol. The normalized spacial score (nSPS) is 9.79. The molecule has 1 N–H and O–H groups in total. The largest absolute Gasteiger partial charge is 0.386 e. The Hall–Kier alpha value is -1.83. The second kappa shape index (κ2) is 3.92. The summed E-state index contributed by atoms with van der Waals surface area (Å²) in [7, 11) is 1.91. The lowest BCUT2D eigenvalue weighted by molar-refractivity contribution is 1.31. The molecule has 2 rings (SSSR count). The topological polar surface area (TPSA) is 24.9 Å². The summed E-state index contributed by atoms with van der Waals surface area (Å²) in [5.74, 6) is 0. The van der Waals surface area contributed by atoms with Gasteiger partial charge in [0.05, 0.1) is 11.4 Å². The van der Waals surface area contributed by atoms with E-state index in [0.29, 0.717) is 0 Å². The van der Waals surface area contributed by atoms with Crippen molar-refractivity contribution in [2.75, 3.05) is 12.4 Å². The van der Waals surface area contributed by atoms with Gasteiger partial charge in [-0.1, -0.05) is 30.3 Å². The van der Waals surface area contributed by atoms with E-state index in [1.807, 2.05) is 43.6 Å². The van der Waals surface area contributed by atoms with Crippen LogP contribution in [0.15, 0.2) is 48.7 Å². The van der Waals surface area contributed by atoms with Gasteiger partial charge in [0.15, 0.2) is 0 Å². The summed E-state index contributed by atoms with van der Waals surface area (Å²) in [5, 5.41) is 3.13. The Labute approximate surface area is 83.6 Å². The first-order valence-corrected chi connectivity index (χ1v) is 4.60. The lowest BCUT2D eigenvalue weighted by Crippen LogP contribution is -1.93. The Bertz CT molecular complexity index is 410. The smallest absolute Gasteiger partial charge is 0.0933 e. The minimum atomic E-state index is 0.996. The van der Waals surface area contributed by atoms with Crippen molar-refractivity contribution in [2.24, 2.45) is 0 Å². The highest BCUT2D eigenvalue weighted by molar-refractivity contribution is 5.73. The second-order valence-electron chi connectivity index (χ2n) is 3.02. The highest BCUT2D eigenvalue weighted by Gasteiger charge is 2.02. The van der Waals surface area contributed by atoms with Crippen LogP contribution in [-0.4, -0.2) is 12.0 Å². The standard InChI is InChI=1S/C12H12N2/c1-13-11-8-5-9-14-12(11)10-6-3-2-4-7-10/h2-9,13H,1H3. The fourth-order valence-electron chi connectivity index (χ4n) is 1.43. The molecule has 1 aromatic heterocycles. The molecule has 2 aromatic rings. The van der Waals surface area contributed by atoms with Crippen molar-refractivity contribution in [1.29, 1.82) is 0 Å². The van der Waals surface area contributed by atoms with E-state index in [1.54, 1.807) is 0 Å². The van der Waals surface area contributed by atoms with Gasteiger partial charge in [-0.3, -0.25) is 4.98 Å². The maximum Gasteiger partial charge on any atom is 0.0933 e. The zero-order chi connectivity index (χ0) is 9.80. The minimum Gasteiger partial charge on any atom is -0.386 e. The molecule has 0 atom stereocenters. The first-order valence-electron chi connectivity index (χ1n) is 4.60. The van der Waals surface area contributed by atoms with Gasteiger partial charge in [-0.2, -0.15) is 0 Å². The van der Waals surface area contributed by atoms with Crippen LogP contribution in [0.25, 0.3) is 11.3 Å². The van der Waals surface area contributed by atoms with Crippen molar-refractivity contribution >= 4 is 5.69 Å². The van der Waals surface area contributed by atoms with E-state index in [4.69, 9.17) is 0 Å². The SMILES string of the molecule is CNc1cccnc1-c1ccccc1. The molecule has 2 heteroatoms. The quantitative estimate of drug-likeness (QED) is 0.776. The first-order chi connectivity index (χ1) is 6.92. The molecule has 1 heterocycles. The van der Waals surface area contributed by atoms with E-state index in [2.05, 4.69) is 22.4 Å². The van der Waals surface area contributed by atoms with E-state index in [9.17, 15) is 0 Å². The first kappa shape index (κ1) is 8.75. The zero-order valence-electron chi connectivity index (χ0n) is 8.07. The molecule has 0 fully saturated rings. The van der Waals surface area contributed by atoms with Gasteiger partial charge in [-0.05, 0) is 12.1 Å². The van der Waals surface area contributed by atoms with Gasteiger partial charge < -0.3 is 5.32 Å². The van der Waals surface area contributed by atoms with Gasteiger partial charge in [0.2, 0.25) is 0 Å². The molecule has 2 nitrogen and oxygen atoms in total. The van der Waals surface area contributed by atoms with Crippen LogP contribution in [0, 0.1) is 0 Å². The van der Waals surface area contributed by atoms with Gasteiger partial charge in [0, 0.05) is 18.8 Å². The lowest BCUT2D eigenvalue weighted by Gasteiger charge is -2.06. The van der Waals surface area contributed by atoms with Crippen LogP contribution >= 0.6 is 0 Å². The maximum absolute atomic E-state index is 4.36.